The molecule has 1 atom stereocenters. The van der Waals surface area contributed by atoms with E-state index in [4.69, 9.17) is 14.2 Å². The summed E-state index contributed by atoms with van der Waals surface area (Å²) in [5.41, 5.74) is 1.46. The van der Waals surface area contributed by atoms with Crippen LogP contribution in [0.4, 0.5) is 0 Å². The van der Waals surface area contributed by atoms with Crippen LogP contribution in [0.3, 0.4) is 0 Å². The fourth-order valence-corrected chi connectivity index (χ4v) is 4.82. The first-order chi connectivity index (χ1) is 15.2. The molecule has 174 valence electrons. The number of piperidine rings is 1. The Morgan fingerprint density at radius 1 is 1.00 bits per heavy atom. The van der Waals surface area contributed by atoms with Gasteiger partial charge in [-0.25, -0.2) is 4.79 Å². The van der Waals surface area contributed by atoms with Crippen LogP contribution in [0.15, 0.2) is 12.1 Å². The summed E-state index contributed by atoms with van der Waals surface area (Å²) in [6.45, 7) is 3.76. The van der Waals surface area contributed by atoms with Crippen LogP contribution in [0.2, 0.25) is 0 Å². The Bertz CT molecular complexity index is 701. The van der Waals surface area contributed by atoms with Crippen molar-refractivity contribution in [3.8, 4) is 11.5 Å². The third-order valence-electron chi connectivity index (χ3n) is 6.80. The Morgan fingerprint density at radius 2 is 1.68 bits per heavy atom. The molecule has 0 aromatic heterocycles. The van der Waals surface area contributed by atoms with Crippen LogP contribution in [0, 0.1) is 0 Å². The summed E-state index contributed by atoms with van der Waals surface area (Å²) >= 11 is 0. The van der Waals surface area contributed by atoms with Crippen LogP contribution >= 0.6 is 0 Å². The third kappa shape index (κ3) is 6.59. The van der Waals surface area contributed by atoms with Crippen molar-refractivity contribution in [2.45, 2.75) is 76.4 Å². The predicted octanol–water partition coefficient (Wildman–Crippen LogP) is 4.72. The number of nitrogens with zero attached hydrogens (tertiary/aromatic N) is 1. The molecule has 0 bridgehead atoms. The first-order valence-corrected chi connectivity index (χ1v) is 12.0. The second-order valence-corrected chi connectivity index (χ2v) is 8.86. The second kappa shape index (κ2) is 12.3. The topological polar surface area (TPSA) is 60.0 Å². The number of carbonyl (C=O) groups is 1. The molecule has 2 aliphatic rings. The van der Waals surface area contributed by atoms with Gasteiger partial charge in [0.1, 0.15) is 23.2 Å². The average Bonchev–Trinajstić information content (AvgIpc) is 3.13. The highest BCUT2D eigenvalue weighted by Gasteiger charge is 2.34. The fourth-order valence-electron chi connectivity index (χ4n) is 4.82. The highest BCUT2D eigenvalue weighted by Crippen LogP contribution is 2.41. The standard InChI is InChI=1S/C25H40N2O4/c1-26-19-12-15-27(16-13-19)14-10-8-6-4-5-7-9-11-22-21-17-20(29-2)18-23(30-3)24(21)25(28)31-22/h17-19,22,26H,4-16H2,1-3H3/t22-/m1/s1. The van der Waals surface area contributed by atoms with Gasteiger partial charge in [0, 0.05) is 17.7 Å². The maximum atomic E-state index is 12.3. The zero-order chi connectivity index (χ0) is 22.1. The zero-order valence-corrected chi connectivity index (χ0v) is 19.6. The van der Waals surface area contributed by atoms with Gasteiger partial charge in [-0.2, -0.15) is 0 Å². The highest BCUT2D eigenvalue weighted by atomic mass is 16.6. The van der Waals surface area contributed by atoms with Crippen molar-refractivity contribution in [3.05, 3.63) is 23.3 Å². The molecule has 0 spiro atoms. The predicted molar refractivity (Wildman–Crippen MR) is 123 cm³/mol. The van der Waals surface area contributed by atoms with E-state index in [0.717, 1.165) is 24.4 Å². The van der Waals surface area contributed by atoms with Gasteiger partial charge in [-0.15, -0.1) is 0 Å². The monoisotopic (exact) mass is 432 g/mol. The van der Waals surface area contributed by atoms with Gasteiger partial charge >= 0.3 is 5.97 Å². The Labute approximate surface area is 187 Å². The Balaban J connectivity index is 1.27. The van der Waals surface area contributed by atoms with E-state index in [1.54, 1.807) is 20.3 Å². The van der Waals surface area contributed by atoms with Crippen molar-refractivity contribution in [1.29, 1.82) is 0 Å². The number of rotatable bonds is 13. The van der Waals surface area contributed by atoms with Crippen molar-refractivity contribution in [2.75, 3.05) is 40.9 Å². The van der Waals surface area contributed by atoms with Crippen LogP contribution in [0.25, 0.3) is 0 Å². The molecule has 0 unspecified atom stereocenters. The van der Waals surface area contributed by atoms with Gasteiger partial charge in [-0.1, -0.05) is 32.1 Å². The van der Waals surface area contributed by atoms with Crippen LogP contribution < -0.4 is 14.8 Å². The molecule has 6 nitrogen and oxygen atoms in total. The Kier molecular flexibility index (Phi) is 9.47. The highest BCUT2D eigenvalue weighted by molar-refractivity contribution is 5.97. The number of nitrogens with one attached hydrogen (secondary N) is 1. The maximum absolute atomic E-state index is 12.3. The van der Waals surface area contributed by atoms with Gasteiger partial charge in [0.2, 0.25) is 0 Å². The number of methoxy groups -OCH3 is 2. The molecule has 1 saturated heterocycles. The molecule has 31 heavy (non-hydrogen) atoms. The molecule has 1 aromatic rings. The average molecular weight is 433 g/mol. The first-order valence-electron chi connectivity index (χ1n) is 12.0. The number of fused-ring (bicyclic) bond motifs is 1. The Morgan fingerprint density at radius 3 is 2.32 bits per heavy atom. The quantitative estimate of drug-likeness (QED) is 0.359. The van der Waals surface area contributed by atoms with Crippen molar-refractivity contribution >= 4 is 5.97 Å². The third-order valence-corrected chi connectivity index (χ3v) is 6.80. The van der Waals surface area contributed by atoms with Crippen LogP contribution in [-0.2, 0) is 4.74 Å². The van der Waals surface area contributed by atoms with Gasteiger partial charge in [0.15, 0.2) is 0 Å². The first kappa shape index (κ1) is 23.9. The summed E-state index contributed by atoms with van der Waals surface area (Å²) in [7, 11) is 5.27. The number of hydrogen-bond donors (Lipinski definition) is 1. The van der Waals surface area contributed by atoms with Crippen LogP contribution in [-0.4, -0.2) is 57.8 Å². The van der Waals surface area contributed by atoms with E-state index in [1.165, 1.54) is 71.0 Å². The van der Waals surface area contributed by atoms with Gasteiger partial charge in [-0.3, -0.25) is 0 Å². The molecule has 0 amide bonds. The summed E-state index contributed by atoms with van der Waals surface area (Å²) in [6.07, 6.45) is 12.0. The minimum atomic E-state index is -0.283. The normalized spacial score (nSPS) is 19.3. The minimum Gasteiger partial charge on any atom is -0.497 e. The largest absolute Gasteiger partial charge is 0.497 e. The van der Waals surface area contributed by atoms with Crippen molar-refractivity contribution in [2.24, 2.45) is 0 Å². The Hall–Kier alpha value is -1.79. The number of esters is 1. The number of ether oxygens (including phenoxy) is 3. The van der Waals surface area contributed by atoms with E-state index in [-0.39, 0.29) is 12.1 Å². The van der Waals surface area contributed by atoms with E-state index >= 15 is 0 Å². The molecule has 0 aliphatic carbocycles. The van der Waals surface area contributed by atoms with E-state index in [2.05, 4.69) is 17.3 Å². The SMILES string of the molecule is CNC1CCN(CCCCCCCCC[C@H]2OC(=O)c3c(OC)cc(OC)cc32)CC1. The van der Waals surface area contributed by atoms with Crippen molar-refractivity contribution in [1.82, 2.24) is 10.2 Å². The van der Waals surface area contributed by atoms with Crippen LogP contribution in [0.5, 0.6) is 11.5 Å². The lowest BCUT2D eigenvalue weighted by Gasteiger charge is -2.31. The van der Waals surface area contributed by atoms with E-state index in [0.29, 0.717) is 17.1 Å². The number of likely N-dealkylation sites (tertiary alicyclic amines) is 1. The molecule has 1 aromatic carbocycles. The smallest absolute Gasteiger partial charge is 0.342 e. The molecule has 1 fully saturated rings. The molecule has 2 aliphatic heterocycles. The lowest BCUT2D eigenvalue weighted by Crippen LogP contribution is -2.41. The number of unbranched alkanes of at least 4 members (excludes halogenated alkanes) is 6. The van der Waals surface area contributed by atoms with Gasteiger partial charge in [0.05, 0.1) is 14.2 Å². The van der Waals surface area contributed by atoms with Gasteiger partial charge < -0.3 is 24.4 Å². The molecular weight excluding hydrogens is 392 g/mol. The number of carbonyl (C=O) groups excluding carboxylic acids is 1. The molecule has 6 heteroatoms. The lowest BCUT2D eigenvalue weighted by atomic mass is 9.98. The summed E-state index contributed by atoms with van der Waals surface area (Å²) in [5.74, 6) is 0.952. The van der Waals surface area contributed by atoms with Crippen molar-refractivity contribution in [3.63, 3.8) is 0 Å². The number of hydrogen-bond acceptors (Lipinski definition) is 6. The van der Waals surface area contributed by atoms with E-state index < -0.39 is 0 Å². The molecular formula is C25H40N2O4. The van der Waals surface area contributed by atoms with Crippen molar-refractivity contribution < 1.29 is 19.0 Å². The van der Waals surface area contributed by atoms with Gasteiger partial charge in [-0.05, 0) is 64.9 Å². The second-order valence-electron chi connectivity index (χ2n) is 8.86. The summed E-state index contributed by atoms with van der Waals surface area (Å²) < 4.78 is 16.3. The molecule has 0 radical (unpaired) electrons. The molecule has 2 heterocycles. The zero-order valence-electron chi connectivity index (χ0n) is 19.6. The fraction of sp³-hybridized carbons (Fsp3) is 0.720. The van der Waals surface area contributed by atoms with E-state index in [9.17, 15) is 4.79 Å². The van der Waals surface area contributed by atoms with E-state index in [1.807, 2.05) is 6.07 Å². The molecule has 1 N–H and O–H groups in total. The maximum Gasteiger partial charge on any atom is 0.342 e. The summed E-state index contributed by atoms with van der Waals surface area (Å²) in [6, 6.07) is 4.38. The number of benzene rings is 1. The van der Waals surface area contributed by atoms with Gasteiger partial charge in [0.25, 0.3) is 0 Å². The summed E-state index contributed by atoms with van der Waals surface area (Å²) in [5, 5.41) is 3.40. The molecule has 0 saturated carbocycles. The van der Waals surface area contributed by atoms with Crippen LogP contribution in [0.1, 0.15) is 86.2 Å². The molecule has 3 rings (SSSR count). The minimum absolute atomic E-state index is 0.182. The lowest BCUT2D eigenvalue weighted by molar-refractivity contribution is 0.0361. The number of cyclic esters (lactones) is 1. The summed E-state index contributed by atoms with van der Waals surface area (Å²) in [4.78, 5) is 14.9.